The Labute approximate surface area is 234 Å². The Hall–Kier alpha value is 1.61. The van der Waals surface area contributed by atoms with Gasteiger partial charge in [-0.3, -0.25) is 0 Å². The number of hydrogen-bond acceptors (Lipinski definition) is 10. The smallest absolute Gasteiger partial charge is 0.411 e. The zero-order chi connectivity index (χ0) is 21.5. The number of aliphatic hydroxyl groups excluding tert-OH is 2. The summed E-state index contributed by atoms with van der Waals surface area (Å²) in [6, 6.07) is -0.283. The standard InChI is InChI=1S/2C7H13NO3S3.Ba/c2*9-3-2-8(7(12)13)6-1-4-14(10,11)5-6;/h2*6,9H,1-5H2,(H,12,13);/q;;+2/p-2. The molecule has 29 heavy (non-hydrogen) atoms. The van der Waals surface area contributed by atoms with Gasteiger partial charge in [-0.05, 0) is 12.8 Å². The molecular weight excluding hydrogens is 622 g/mol. The van der Waals surface area contributed by atoms with Gasteiger partial charge in [0.15, 0.2) is 19.7 Å². The van der Waals surface area contributed by atoms with Crippen LogP contribution in [0, 0.1) is 0 Å². The fourth-order valence-corrected chi connectivity index (χ4v) is 7.53. The molecule has 2 unspecified atom stereocenters. The van der Waals surface area contributed by atoms with E-state index in [0.717, 1.165) is 0 Å². The van der Waals surface area contributed by atoms with Crippen LogP contribution in [0.1, 0.15) is 12.8 Å². The summed E-state index contributed by atoms with van der Waals surface area (Å²) in [5.74, 6) is 0.586. The molecule has 2 saturated heterocycles. The Morgan fingerprint density at radius 1 is 0.828 bits per heavy atom. The first-order valence-electron chi connectivity index (χ1n) is 8.50. The van der Waals surface area contributed by atoms with E-state index < -0.39 is 19.7 Å². The molecular formula is C14H24BaN2O6S6. The largest absolute Gasteiger partial charge is 2.00 e. The van der Waals surface area contributed by atoms with Crippen molar-refractivity contribution in [3.05, 3.63) is 0 Å². The van der Waals surface area contributed by atoms with Crippen molar-refractivity contribution >= 4 is 127 Å². The third-order valence-corrected chi connectivity index (χ3v) is 8.89. The van der Waals surface area contributed by atoms with Gasteiger partial charge in [0.25, 0.3) is 0 Å². The van der Waals surface area contributed by atoms with Crippen LogP contribution in [0.4, 0.5) is 0 Å². The van der Waals surface area contributed by atoms with Crippen molar-refractivity contribution in [3.63, 3.8) is 0 Å². The normalized spacial score (nSPS) is 23.9. The monoisotopic (exact) mass is 646 g/mol. The molecule has 2 aliphatic rings. The molecule has 0 bridgehead atoms. The van der Waals surface area contributed by atoms with E-state index in [1.165, 1.54) is 0 Å². The molecule has 2 rings (SSSR count). The van der Waals surface area contributed by atoms with Crippen molar-refractivity contribution in [1.29, 1.82) is 0 Å². The van der Waals surface area contributed by atoms with E-state index in [1.54, 1.807) is 9.80 Å². The predicted octanol–water partition coefficient (Wildman–Crippen LogP) is -1.78. The molecule has 0 saturated carbocycles. The second-order valence-electron chi connectivity index (χ2n) is 6.48. The minimum Gasteiger partial charge on any atom is -0.411 e. The summed E-state index contributed by atoms with van der Waals surface area (Å²) >= 11 is 19.3. The molecule has 0 amide bonds. The number of rotatable bonds is 6. The van der Waals surface area contributed by atoms with Crippen LogP contribution in [-0.4, -0.2) is 156 Å². The van der Waals surface area contributed by atoms with E-state index in [2.05, 4.69) is 0 Å². The predicted molar refractivity (Wildman–Crippen MR) is 127 cm³/mol. The van der Waals surface area contributed by atoms with Crippen LogP contribution in [0.15, 0.2) is 0 Å². The molecule has 15 heteroatoms. The molecule has 0 aromatic heterocycles. The number of hydrogen-bond donors (Lipinski definition) is 2. The first-order valence-corrected chi connectivity index (χ1v) is 13.8. The topological polar surface area (TPSA) is 115 Å². The molecule has 164 valence electrons. The van der Waals surface area contributed by atoms with E-state index in [-0.39, 0.29) is 106 Å². The number of aliphatic hydroxyl groups is 2. The quantitative estimate of drug-likeness (QED) is 0.193. The third kappa shape index (κ3) is 10.9. The molecule has 0 aromatic carbocycles. The van der Waals surface area contributed by atoms with E-state index in [1.807, 2.05) is 0 Å². The van der Waals surface area contributed by atoms with Crippen LogP contribution >= 0.6 is 24.4 Å². The van der Waals surface area contributed by atoms with Crippen molar-refractivity contribution in [2.45, 2.75) is 24.9 Å². The van der Waals surface area contributed by atoms with E-state index in [4.69, 9.17) is 59.9 Å². The van der Waals surface area contributed by atoms with Gasteiger partial charge in [0.05, 0.1) is 36.2 Å². The molecule has 0 spiro atoms. The summed E-state index contributed by atoms with van der Waals surface area (Å²) in [7, 11) is -5.84. The first-order chi connectivity index (χ1) is 12.9. The van der Waals surface area contributed by atoms with Crippen LogP contribution in [0.5, 0.6) is 0 Å². The number of nitrogens with zero attached hydrogens (tertiary/aromatic N) is 2. The van der Waals surface area contributed by atoms with E-state index in [9.17, 15) is 16.8 Å². The molecule has 2 aliphatic heterocycles. The van der Waals surface area contributed by atoms with Crippen LogP contribution in [0.25, 0.3) is 0 Å². The number of thiocarbonyl (C=S) groups is 2. The number of sulfone groups is 2. The zero-order valence-corrected chi connectivity index (χ0v) is 25.1. The van der Waals surface area contributed by atoms with Crippen molar-refractivity contribution < 1.29 is 27.0 Å². The van der Waals surface area contributed by atoms with Crippen LogP contribution in [0.2, 0.25) is 0 Å². The maximum absolute atomic E-state index is 11.2. The van der Waals surface area contributed by atoms with Gasteiger partial charge < -0.3 is 69.7 Å². The Morgan fingerprint density at radius 3 is 1.31 bits per heavy atom. The molecule has 2 atom stereocenters. The summed E-state index contributed by atoms with van der Waals surface area (Å²) in [6.45, 7) is 0.520. The first kappa shape index (κ1) is 30.6. The Balaban J connectivity index is 0.000000523. The molecule has 2 heterocycles. The zero-order valence-electron chi connectivity index (χ0n) is 15.8. The summed E-state index contributed by atoms with van der Waals surface area (Å²) in [5.41, 5.74) is 0. The fourth-order valence-electron chi connectivity index (χ4n) is 3.10. The molecule has 2 fully saturated rings. The van der Waals surface area contributed by atoms with Gasteiger partial charge in [-0.1, -0.05) is 8.64 Å². The molecule has 2 N–H and O–H groups in total. The van der Waals surface area contributed by atoms with Gasteiger partial charge >= 0.3 is 48.9 Å². The molecule has 0 aliphatic carbocycles. The van der Waals surface area contributed by atoms with Gasteiger partial charge in [0.2, 0.25) is 0 Å². The summed E-state index contributed by atoms with van der Waals surface area (Å²) in [4.78, 5) is 3.24. The van der Waals surface area contributed by atoms with E-state index >= 15 is 0 Å². The van der Waals surface area contributed by atoms with Gasteiger partial charge in [-0.15, -0.1) is 0 Å². The van der Waals surface area contributed by atoms with Gasteiger partial charge in [-0.2, -0.15) is 0 Å². The van der Waals surface area contributed by atoms with Crippen molar-refractivity contribution in [2.75, 3.05) is 49.3 Å². The van der Waals surface area contributed by atoms with Crippen LogP contribution < -0.4 is 0 Å². The second kappa shape index (κ2) is 14.0. The van der Waals surface area contributed by atoms with Crippen molar-refractivity contribution in [2.24, 2.45) is 0 Å². The summed E-state index contributed by atoms with van der Waals surface area (Å²) < 4.78 is 45.3. The van der Waals surface area contributed by atoms with Crippen molar-refractivity contribution in [3.8, 4) is 0 Å². The van der Waals surface area contributed by atoms with Crippen molar-refractivity contribution in [1.82, 2.24) is 9.80 Å². The van der Waals surface area contributed by atoms with Crippen LogP contribution in [0.3, 0.4) is 0 Å². The molecule has 8 nitrogen and oxygen atoms in total. The van der Waals surface area contributed by atoms with E-state index in [0.29, 0.717) is 25.9 Å². The van der Waals surface area contributed by atoms with Gasteiger partial charge in [0, 0.05) is 25.2 Å². The average molecular weight is 646 g/mol. The Bertz CT molecular complexity index is 699. The summed E-state index contributed by atoms with van der Waals surface area (Å²) in [5, 5.41) is 17.6. The molecule has 0 aromatic rings. The third-order valence-electron chi connectivity index (χ3n) is 4.45. The second-order valence-corrected chi connectivity index (χ2v) is 13.0. The minimum atomic E-state index is -2.92. The van der Waals surface area contributed by atoms with Gasteiger partial charge in [0.1, 0.15) is 0 Å². The molecule has 0 radical (unpaired) electrons. The summed E-state index contributed by atoms with van der Waals surface area (Å²) in [6.07, 6.45) is 1.11. The Kier molecular flexibility index (Phi) is 14.8. The van der Waals surface area contributed by atoms with Gasteiger partial charge in [-0.25, -0.2) is 16.8 Å². The SMILES string of the molecule is O=S1(=O)CCC(N(CCO)C(=S)[S-])C1.O=S1(=O)CCC(N(CCO)C(=S)[S-])C1.[Ba+2]. The van der Waals surface area contributed by atoms with Crippen LogP contribution in [-0.2, 0) is 44.9 Å². The fraction of sp³-hybridized carbons (Fsp3) is 0.857. The Morgan fingerprint density at radius 2 is 1.14 bits per heavy atom. The average Bonchev–Trinajstić information content (AvgIpc) is 3.11. The minimum absolute atomic E-state index is 0. The maximum Gasteiger partial charge on any atom is 2.00 e. The maximum atomic E-state index is 11.2.